The van der Waals surface area contributed by atoms with Crippen LogP contribution in [0.5, 0.6) is 0 Å². The Kier molecular flexibility index (Phi) is 6.08. The maximum absolute atomic E-state index is 14.3. The number of imide groups is 2. The molecule has 1 saturated heterocycles. The molecule has 1 aliphatic heterocycles. The van der Waals surface area contributed by atoms with Gasteiger partial charge in [-0.1, -0.05) is 53.4 Å². The first kappa shape index (κ1) is 22.5. The second-order valence-corrected chi connectivity index (χ2v) is 9.67. The molecule has 1 aromatic heterocycles. The van der Waals surface area contributed by atoms with Crippen molar-refractivity contribution in [3.8, 4) is 0 Å². The van der Waals surface area contributed by atoms with Crippen molar-refractivity contribution in [3.05, 3.63) is 75.7 Å². The molecule has 1 N–H and O–H groups in total. The monoisotopic (exact) mass is 523 g/mol. The number of amides is 4. The van der Waals surface area contributed by atoms with Gasteiger partial charge in [0.25, 0.3) is 11.8 Å². The van der Waals surface area contributed by atoms with Crippen LogP contribution in [0.3, 0.4) is 0 Å². The van der Waals surface area contributed by atoms with Crippen molar-refractivity contribution in [2.75, 3.05) is 0 Å². The molecule has 0 radical (unpaired) electrons. The minimum absolute atomic E-state index is 0.0740. The van der Waals surface area contributed by atoms with Crippen LogP contribution < -0.4 is 5.32 Å². The quantitative estimate of drug-likeness (QED) is 0.368. The first-order valence-electron chi connectivity index (χ1n) is 11.3. The Morgan fingerprint density at radius 3 is 2.59 bits per heavy atom. The fourth-order valence-electron chi connectivity index (χ4n) is 4.85. The molecular weight excluding hydrogens is 501 g/mol. The van der Waals surface area contributed by atoms with Crippen molar-refractivity contribution in [1.82, 2.24) is 14.8 Å². The minimum atomic E-state index is -0.702. The number of carbonyl (C=O) groups is 3. The van der Waals surface area contributed by atoms with E-state index in [1.165, 1.54) is 17.0 Å². The number of urea groups is 1. The van der Waals surface area contributed by atoms with Crippen molar-refractivity contribution in [2.24, 2.45) is 0 Å². The molecule has 2 heterocycles. The molecule has 0 bridgehead atoms. The summed E-state index contributed by atoms with van der Waals surface area (Å²) in [5.41, 5.74) is 1.93. The van der Waals surface area contributed by atoms with E-state index in [1.54, 1.807) is 24.4 Å². The van der Waals surface area contributed by atoms with Crippen molar-refractivity contribution in [3.63, 3.8) is 0 Å². The highest BCUT2D eigenvalue weighted by Crippen LogP contribution is 2.30. The maximum Gasteiger partial charge on any atom is 0.331 e. The smallest absolute Gasteiger partial charge is 0.331 e. The first-order valence-corrected chi connectivity index (χ1v) is 12.1. The number of hydrogen-bond acceptors (Lipinski definition) is 3. The summed E-state index contributed by atoms with van der Waals surface area (Å²) in [5.74, 6) is -1.57. The molecule has 8 heteroatoms. The Hall–Kier alpha value is -3.26. The van der Waals surface area contributed by atoms with Gasteiger partial charge in [-0.2, -0.15) is 0 Å². The van der Waals surface area contributed by atoms with E-state index in [1.807, 2.05) is 22.8 Å². The standard InChI is InChI=1S/C26H23BrFN3O3/c27-18-10-11-23-20(13-18)17(15-30(23)14-16-6-4-5-9-22(16)28)12-21-24(32)29-26(34)31(25(21)33)19-7-2-1-3-8-19/h4-6,9-13,15,19H,1-3,7-8,14H2,(H,29,32,34)/b21-12+. The number of rotatable bonds is 4. The summed E-state index contributed by atoms with van der Waals surface area (Å²) in [4.78, 5) is 39.7. The summed E-state index contributed by atoms with van der Waals surface area (Å²) in [6.07, 6.45) is 7.81. The van der Waals surface area contributed by atoms with E-state index in [9.17, 15) is 18.8 Å². The lowest BCUT2D eigenvalue weighted by atomic mass is 9.93. The van der Waals surface area contributed by atoms with Gasteiger partial charge in [0, 0.05) is 38.7 Å². The average molecular weight is 524 g/mol. The van der Waals surface area contributed by atoms with Gasteiger partial charge in [0.2, 0.25) is 0 Å². The summed E-state index contributed by atoms with van der Waals surface area (Å²) in [6, 6.07) is 11.4. The Morgan fingerprint density at radius 1 is 1.06 bits per heavy atom. The third-order valence-corrected chi connectivity index (χ3v) is 7.04. The van der Waals surface area contributed by atoms with Gasteiger partial charge in [-0.15, -0.1) is 0 Å². The molecule has 4 amide bonds. The molecule has 2 fully saturated rings. The minimum Gasteiger partial charge on any atom is -0.342 e. The van der Waals surface area contributed by atoms with Gasteiger partial charge in [0.05, 0.1) is 6.54 Å². The zero-order valence-electron chi connectivity index (χ0n) is 18.4. The molecule has 2 aliphatic rings. The predicted molar refractivity (Wildman–Crippen MR) is 130 cm³/mol. The van der Waals surface area contributed by atoms with Gasteiger partial charge in [0.15, 0.2) is 0 Å². The van der Waals surface area contributed by atoms with E-state index in [2.05, 4.69) is 21.2 Å². The van der Waals surface area contributed by atoms with Gasteiger partial charge in [0.1, 0.15) is 11.4 Å². The highest BCUT2D eigenvalue weighted by atomic mass is 79.9. The largest absolute Gasteiger partial charge is 0.342 e. The van der Waals surface area contributed by atoms with Crippen molar-refractivity contribution in [2.45, 2.75) is 44.7 Å². The Morgan fingerprint density at radius 2 is 1.82 bits per heavy atom. The zero-order chi connectivity index (χ0) is 23.8. The molecule has 2 aromatic carbocycles. The lowest BCUT2D eigenvalue weighted by molar-refractivity contribution is -0.132. The first-order chi connectivity index (χ1) is 16.4. The van der Waals surface area contributed by atoms with Crippen LogP contribution in [0.25, 0.3) is 17.0 Å². The van der Waals surface area contributed by atoms with Crippen LogP contribution in [0.2, 0.25) is 0 Å². The molecule has 1 saturated carbocycles. The topological polar surface area (TPSA) is 71.4 Å². The number of aromatic nitrogens is 1. The number of hydrogen-bond donors (Lipinski definition) is 1. The molecule has 0 unspecified atom stereocenters. The van der Waals surface area contributed by atoms with Crippen molar-refractivity contribution < 1.29 is 18.8 Å². The maximum atomic E-state index is 14.3. The van der Waals surface area contributed by atoms with Gasteiger partial charge in [-0.3, -0.25) is 19.8 Å². The summed E-state index contributed by atoms with van der Waals surface area (Å²) in [5, 5.41) is 3.14. The van der Waals surface area contributed by atoms with Crippen LogP contribution in [0.15, 0.2) is 58.7 Å². The van der Waals surface area contributed by atoms with Gasteiger partial charge >= 0.3 is 6.03 Å². The van der Waals surface area contributed by atoms with Crippen LogP contribution >= 0.6 is 15.9 Å². The lowest BCUT2D eigenvalue weighted by Gasteiger charge is -2.35. The molecule has 5 rings (SSSR count). The van der Waals surface area contributed by atoms with Crippen molar-refractivity contribution >= 4 is 50.8 Å². The van der Waals surface area contributed by atoms with Crippen LogP contribution in [-0.4, -0.2) is 33.4 Å². The number of benzene rings is 2. The third kappa shape index (κ3) is 4.18. The third-order valence-electron chi connectivity index (χ3n) is 6.55. The number of nitrogens with one attached hydrogen (secondary N) is 1. The highest BCUT2D eigenvalue weighted by Gasteiger charge is 2.40. The lowest BCUT2D eigenvalue weighted by Crippen LogP contribution is -2.58. The number of carbonyl (C=O) groups excluding carboxylic acids is 3. The number of halogens is 2. The van der Waals surface area contributed by atoms with Crippen LogP contribution in [0, 0.1) is 5.82 Å². The zero-order valence-corrected chi connectivity index (χ0v) is 20.0. The molecular formula is C26H23BrFN3O3. The molecule has 1 aliphatic carbocycles. The van der Waals surface area contributed by atoms with E-state index in [0.29, 0.717) is 17.7 Å². The molecule has 6 nitrogen and oxygen atoms in total. The predicted octanol–water partition coefficient (Wildman–Crippen LogP) is 5.39. The fraction of sp³-hybridized carbons (Fsp3) is 0.269. The molecule has 3 aromatic rings. The number of fused-ring (bicyclic) bond motifs is 1. The van der Waals surface area contributed by atoms with Gasteiger partial charge < -0.3 is 4.57 Å². The van der Waals surface area contributed by atoms with Crippen molar-refractivity contribution in [1.29, 1.82) is 0 Å². The molecule has 0 atom stereocenters. The van der Waals surface area contributed by atoms with E-state index in [0.717, 1.165) is 47.5 Å². The highest BCUT2D eigenvalue weighted by molar-refractivity contribution is 9.10. The summed E-state index contributed by atoms with van der Waals surface area (Å²) in [6.45, 7) is 0.292. The average Bonchev–Trinajstić information content (AvgIpc) is 3.15. The van der Waals surface area contributed by atoms with Gasteiger partial charge in [-0.05, 0) is 43.2 Å². The van der Waals surface area contributed by atoms with Crippen LogP contribution in [0.1, 0.15) is 43.2 Å². The second-order valence-electron chi connectivity index (χ2n) is 8.75. The van der Waals surface area contributed by atoms with Gasteiger partial charge in [-0.25, -0.2) is 9.18 Å². The van der Waals surface area contributed by atoms with E-state index < -0.39 is 17.8 Å². The van der Waals surface area contributed by atoms with E-state index in [4.69, 9.17) is 0 Å². The molecule has 174 valence electrons. The Balaban J connectivity index is 1.56. The SMILES string of the molecule is O=C1NC(=O)N(C2CCCCC2)C(=O)/C1=C/c1cn(Cc2ccccc2F)c2ccc(Br)cc12. The Bertz CT molecular complexity index is 1340. The number of nitrogens with zero attached hydrogens (tertiary/aromatic N) is 2. The molecule has 34 heavy (non-hydrogen) atoms. The van der Waals surface area contributed by atoms with Crippen LogP contribution in [0.4, 0.5) is 9.18 Å². The molecule has 0 spiro atoms. The summed E-state index contributed by atoms with van der Waals surface area (Å²) < 4.78 is 17.0. The Labute approximate surface area is 204 Å². The second kappa shape index (κ2) is 9.18. The van der Waals surface area contributed by atoms with Crippen LogP contribution in [-0.2, 0) is 16.1 Å². The number of barbiturate groups is 1. The normalized spacial score (nSPS) is 18.7. The summed E-state index contributed by atoms with van der Waals surface area (Å²) >= 11 is 3.48. The fourth-order valence-corrected chi connectivity index (χ4v) is 5.21. The summed E-state index contributed by atoms with van der Waals surface area (Å²) in [7, 11) is 0. The van der Waals surface area contributed by atoms with E-state index >= 15 is 0 Å². The van der Waals surface area contributed by atoms with E-state index in [-0.39, 0.29) is 17.4 Å².